The number of halogens is 1. The second-order valence-electron chi connectivity index (χ2n) is 5.68. The zero-order valence-corrected chi connectivity index (χ0v) is 15.0. The summed E-state index contributed by atoms with van der Waals surface area (Å²) in [6, 6.07) is 14.9. The van der Waals surface area contributed by atoms with E-state index in [0.29, 0.717) is 23.8 Å². The third-order valence-corrected chi connectivity index (χ3v) is 3.94. The van der Waals surface area contributed by atoms with Crippen molar-refractivity contribution in [2.24, 2.45) is 5.92 Å². The van der Waals surface area contributed by atoms with Crippen molar-refractivity contribution in [1.29, 1.82) is 0 Å². The summed E-state index contributed by atoms with van der Waals surface area (Å²) in [5, 5.41) is 6.18. The lowest BCUT2D eigenvalue weighted by Gasteiger charge is -2.14. The third-order valence-electron chi connectivity index (χ3n) is 3.94. The van der Waals surface area contributed by atoms with Crippen LogP contribution in [-0.4, -0.2) is 25.6 Å². The van der Waals surface area contributed by atoms with Crippen LogP contribution in [0.25, 0.3) is 0 Å². The number of rotatable bonds is 6. The molecule has 6 heteroatoms. The van der Waals surface area contributed by atoms with E-state index in [4.69, 9.17) is 9.47 Å². The molecule has 1 unspecified atom stereocenters. The fraction of sp³-hybridized carbons (Fsp3) is 0.316. The Bertz CT molecular complexity index is 685. The lowest BCUT2D eigenvalue weighted by atomic mass is 10.1. The van der Waals surface area contributed by atoms with Gasteiger partial charge in [-0.3, -0.25) is 4.79 Å². The highest BCUT2D eigenvalue weighted by Crippen LogP contribution is 2.30. The molecule has 0 spiro atoms. The van der Waals surface area contributed by atoms with E-state index in [1.165, 1.54) is 0 Å². The summed E-state index contributed by atoms with van der Waals surface area (Å²) in [5.74, 6) is 2.18. The summed E-state index contributed by atoms with van der Waals surface area (Å²) in [7, 11) is 0. The molecule has 1 aliphatic rings. The van der Waals surface area contributed by atoms with Crippen LogP contribution in [-0.2, 0) is 4.79 Å². The number of anilines is 1. The second kappa shape index (κ2) is 9.30. The fourth-order valence-electron chi connectivity index (χ4n) is 2.67. The molecular formula is C19H23ClN2O3. The quantitative estimate of drug-likeness (QED) is 0.819. The molecule has 0 aliphatic carbocycles. The van der Waals surface area contributed by atoms with Crippen LogP contribution in [0.1, 0.15) is 13.3 Å². The number of hydrogen-bond acceptors (Lipinski definition) is 4. The highest BCUT2D eigenvalue weighted by molar-refractivity contribution is 5.94. The van der Waals surface area contributed by atoms with Gasteiger partial charge in [0.25, 0.3) is 0 Å². The van der Waals surface area contributed by atoms with Gasteiger partial charge in [-0.05, 0) is 56.3 Å². The number of carbonyl (C=O) groups is 1. The molecule has 1 aliphatic heterocycles. The molecule has 25 heavy (non-hydrogen) atoms. The van der Waals surface area contributed by atoms with Crippen LogP contribution >= 0.6 is 12.4 Å². The van der Waals surface area contributed by atoms with Gasteiger partial charge in [0.15, 0.2) is 5.75 Å². The number of nitrogens with one attached hydrogen (secondary N) is 2. The van der Waals surface area contributed by atoms with Crippen molar-refractivity contribution in [1.82, 2.24) is 5.32 Å². The lowest BCUT2D eigenvalue weighted by Crippen LogP contribution is -2.24. The monoisotopic (exact) mass is 362 g/mol. The van der Waals surface area contributed by atoms with Crippen LogP contribution in [0.15, 0.2) is 48.5 Å². The minimum absolute atomic E-state index is 0. The molecule has 1 heterocycles. The van der Waals surface area contributed by atoms with Gasteiger partial charge in [-0.15, -0.1) is 12.4 Å². The van der Waals surface area contributed by atoms with Crippen molar-refractivity contribution in [2.75, 3.05) is 25.0 Å². The van der Waals surface area contributed by atoms with E-state index >= 15 is 0 Å². The van der Waals surface area contributed by atoms with Crippen molar-refractivity contribution < 1.29 is 14.3 Å². The van der Waals surface area contributed by atoms with Crippen molar-refractivity contribution in [3.63, 3.8) is 0 Å². The van der Waals surface area contributed by atoms with Crippen LogP contribution < -0.4 is 20.1 Å². The van der Waals surface area contributed by atoms with E-state index in [-0.39, 0.29) is 24.2 Å². The molecule has 1 atom stereocenters. The summed E-state index contributed by atoms with van der Waals surface area (Å²) in [6.45, 7) is 4.20. The molecule has 0 aromatic heterocycles. The predicted octanol–water partition coefficient (Wildman–Crippen LogP) is 3.85. The Morgan fingerprint density at radius 1 is 1.16 bits per heavy atom. The van der Waals surface area contributed by atoms with Crippen molar-refractivity contribution in [3.8, 4) is 17.2 Å². The molecular weight excluding hydrogens is 340 g/mol. The minimum atomic E-state index is 0. The summed E-state index contributed by atoms with van der Waals surface area (Å²) < 4.78 is 11.3. The Morgan fingerprint density at radius 2 is 1.88 bits per heavy atom. The number of hydrogen-bond donors (Lipinski definition) is 2. The Hall–Kier alpha value is -2.24. The van der Waals surface area contributed by atoms with Gasteiger partial charge >= 0.3 is 0 Å². The molecule has 1 saturated heterocycles. The molecule has 2 aromatic carbocycles. The van der Waals surface area contributed by atoms with E-state index in [1.54, 1.807) is 0 Å². The van der Waals surface area contributed by atoms with E-state index in [9.17, 15) is 4.79 Å². The number of carbonyl (C=O) groups excluding carboxylic acids is 1. The number of para-hydroxylation sites is 2. The van der Waals surface area contributed by atoms with Gasteiger partial charge in [0.2, 0.25) is 5.91 Å². The smallest absolute Gasteiger partial charge is 0.228 e. The lowest BCUT2D eigenvalue weighted by molar-refractivity contribution is -0.119. The predicted molar refractivity (Wildman–Crippen MR) is 101 cm³/mol. The minimum Gasteiger partial charge on any atom is -0.494 e. The van der Waals surface area contributed by atoms with Crippen LogP contribution in [0.3, 0.4) is 0 Å². The Kier molecular flexibility index (Phi) is 7.10. The van der Waals surface area contributed by atoms with Gasteiger partial charge < -0.3 is 20.1 Å². The average Bonchev–Trinajstić information content (AvgIpc) is 3.13. The van der Waals surface area contributed by atoms with Crippen LogP contribution in [0.5, 0.6) is 17.2 Å². The average molecular weight is 363 g/mol. The van der Waals surface area contributed by atoms with Crippen molar-refractivity contribution in [3.05, 3.63) is 48.5 Å². The summed E-state index contributed by atoms with van der Waals surface area (Å²) in [4.78, 5) is 12.3. The van der Waals surface area contributed by atoms with Gasteiger partial charge in [-0.25, -0.2) is 0 Å². The normalized spacial score (nSPS) is 16.0. The molecule has 3 rings (SSSR count). The maximum absolute atomic E-state index is 12.3. The molecule has 0 saturated carbocycles. The molecule has 1 fully saturated rings. The van der Waals surface area contributed by atoms with Gasteiger partial charge in [0, 0.05) is 6.54 Å². The zero-order valence-electron chi connectivity index (χ0n) is 14.2. The second-order valence-corrected chi connectivity index (χ2v) is 5.68. The molecule has 0 radical (unpaired) electrons. The summed E-state index contributed by atoms with van der Waals surface area (Å²) in [5.41, 5.74) is 0.684. The molecule has 2 aromatic rings. The molecule has 0 bridgehead atoms. The Balaban J connectivity index is 0.00000225. The molecule has 5 nitrogen and oxygen atoms in total. The standard InChI is InChI=1S/C19H22N2O3.ClH/c1-2-23-15-7-9-16(10-8-15)24-18-6-4-3-5-17(18)21-19(22)14-11-12-20-13-14;/h3-10,14,20H,2,11-13H2,1H3,(H,21,22);1H. The molecule has 134 valence electrons. The van der Waals surface area contributed by atoms with Crippen molar-refractivity contribution in [2.45, 2.75) is 13.3 Å². The molecule has 2 N–H and O–H groups in total. The van der Waals surface area contributed by atoms with E-state index in [1.807, 2.05) is 55.5 Å². The highest BCUT2D eigenvalue weighted by atomic mass is 35.5. The summed E-state index contributed by atoms with van der Waals surface area (Å²) >= 11 is 0. The largest absolute Gasteiger partial charge is 0.494 e. The Labute approximate surface area is 154 Å². The number of benzene rings is 2. The van der Waals surface area contributed by atoms with E-state index in [2.05, 4.69) is 10.6 Å². The SMILES string of the molecule is CCOc1ccc(Oc2ccccc2NC(=O)C2CCNC2)cc1.Cl. The van der Waals surface area contributed by atoms with Gasteiger partial charge in [-0.1, -0.05) is 12.1 Å². The summed E-state index contributed by atoms with van der Waals surface area (Å²) in [6.07, 6.45) is 0.869. The van der Waals surface area contributed by atoms with Crippen molar-refractivity contribution >= 4 is 24.0 Å². The zero-order chi connectivity index (χ0) is 16.8. The van der Waals surface area contributed by atoms with Crippen LogP contribution in [0.2, 0.25) is 0 Å². The van der Waals surface area contributed by atoms with Gasteiger partial charge in [0.1, 0.15) is 11.5 Å². The Morgan fingerprint density at radius 3 is 2.56 bits per heavy atom. The number of ether oxygens (including phenoxy) is 2. The first-order chi connectivity index (χ1) is 11.8. The molecule has 1 amide bonds. The number of amides is 1. The van der Waals surface area contributed by atoms with E-state index < -0.39 is 0 Å². The van der Waals surface area contributed by atoms with E-state index in [0.717, 1.165) is 25.3 Å². The first kappa shape index (κ1) is 19.1. The topological polar surface area (TPSA) is 59.6 Å². The third kappa shape index (κ3) is 5.11. The highest BCUT2D eigenvalue weighted by Gasteiger charge is 2.23. The fourth-order valence-corrected chi connectivity index (χ4v) is 2.67. The first-order valence-corrected chi connectivity index (χ1v) is 8.27. The maximum atomic E-state index is 12.3. The first-order valence-electron chi connectivity index (χ1n) is 8.27. The van der Waals surface area contributed by atoms with Gasteiger partial charge in [0.05, 0.1) is 18.2 Å². The van der Waals surface area contributed by atoms with Gasteiger partial charge in [-0.2, -0.15) is 0 Å². The maximum Gasteiger partial charge on any atom is 0.228 e. The van der Waals surface area contributed by atoms with Crippen LogP contribution in [0.4, 0.5) is 5.69 Å². The van der Waals surface area contributed by atoms with Crippen LogP contribution in [0, 0.1) is 5.92 Å².